The van der Waals surface area contributed by atoms with Crippen LogP contribution in [0.15, 0.2) is 29.8 Å². The molecule has 1 aromatic heterocycles. The smallest absolute Gasteiger partial charge is 0.266 e. The Kier molecular flexibility index (Phi) is 6.40. The maximum atomic E-state index is 13.8. The molecule has 2 rings (SSSR count). The second-order valence-electron chi connectivity index (χ2n) is 6.80. The van der Waals surface area contributed by atoms with Gasteiger partial charge in [0.05, 0.1) is 7.11 Å². The highest BCUT2D eigenvalue weighted by atomic mass is 19.1. The van der Waals surface area contributed by atoms with E-state index < -0.39 is 11.7 Å². The normalized spacial score (nSPS) is 11.4. The molecule has 0 aliphatic carbocycles. The van der Waals surface area contributed by atoms with Crippen molar-refractivity contribution >= 4 is 17.7 Å². The van der Waals surface area contributed by atoms with Crippen LogP contribution in [0.2, 0.25) is 0 Å². The molecule has 0 saturated heterocycles. The lowest BCUT2D eigenvalue weighted by atomic mass is 10.1. The first-order valence-corrected chi connectivity index (χ1v) is 8.70. The number of aryl methyl sites for hydroxylation is 1. The predicted molar refractivity (Wildman–Crippen MR) is 104 cm³/mol. The van der Waals surface area contributed by atoms with Crippen LogP contribution in [0, 0.1) is 36.9 Å². The van der Waals surface area contributed by atoms with Crippen LogP contribution in [0.4, 0.5) is 10.1 Å². The predicted octanol–water partition coefficient (Wildman–Crippen LogP) is 4.45. The van der Waals surface area contributed by atoms with Crippen LogP contribution in [0.3, 0.4) is 0 Å². The number of hydrogen-bond donors (Lipinski definition) is 1. The van der Waals surface area contributed by atoms with Crippen LogP contribution in [0.1, 0.15) is 30.8 Å². The summed E-state index contributed by atoms with van der Waals surface area (Å²) in [6, 6.07) is 7.97. The van der Waals surface area contributed by atoms with Gasteiger partial charge in [-0.3, -0.25) is 4.79 Å². The van der Waals surface area contributed by atoms with Gasteiger partial charge in [-0.15, -0.1) is 0 Å². The molecule has 1 N–H and O–H groups in total. The number of ether oxygens (including phenoxy) is 1. The number of nitrogens with zero attached hydrogens (tertiary/aromatic N) is 2. The quantitative estimate of drug-likeness (QED) is 0.604. The van der Waals surface area contributed by atoms with E-state index in [0.29, 0.717) is 5.92 Å². The molecule has 27 heavy (non-hydrogen) atoms. The van der Waals surface area contributed by atoms with Crippen molar-refractivity contribution in [3.8, 4) is 11.8 Å². The van der Waals surface area contributed by atoms with E-state index in [1.54, 1.807) is 6.08 Å². The lowest BCUT2D eigenvalue weighted by molar-refractivity contribution is -0.112. The van der Waals surface area contributed by atoms with Crippen molar-refractivity contribution in [2.45, 2.75) is 34.2 Å². The van der Waals surface area contributed by atoms with E-state index in [-0.39, 0.29) is 17.0 Å². The van der Waals surface area contributed by atoms with E-state index >= 15 is 0 Å². The molecule has 0 saturated carbocycles. The number of anilines is 1. The van der Waals surface area contributed by atoms with E-state index in [2.05, 4.69) is 23.7 Å². The van der Waals surface area contributed by atoms with Crippen LogP contribution >= 0.6 is 0 Å². The summed E-state index contributed by atoms with van der Waals surface area (Å²) in [6.07, 6.45) is 1.56. The molecule has 1 heterocycles. The third-order valence-electron chi connectivity index (χ3n) is 4.24. The van der Waals surface area contributed by atoms with Gasteiger partial charge in [0.2, 0.25) is 0 Å². The first kappa shape index (κ1) is 20.2. The number of amides is 1. The van der Waals surface area contributed by atoms with Crippen molar-refractivity contribution in [3.05, 3.63) is 52.6 Å². The third kappa shape index (κ3) is 4.76. The molecule has 0 spiro atoms. The molecule has 0 unspecified atom stereocenters. The monoisotopic (exact) mass is 369 g/mol. The SMILES string of the molecule is COc1ccc(NC(=O)/C(C#N)=C/c2cc(C)n(CC(C)C)c2C)cc1F. The van der Waals surface area contributed by atoms with Crippen molar-refractivity contribution in [2.24, 2.45) is 5.92 Å². The first-order valence-electron chi connectivity index (χ1n) is 8.70. The van der Waals surface area contributed by atoms with Crippen molar-refractivity contribution in [2.75, 3.05) is 12.4 Å². The molecule has 0 fully saturated rings. The lowest BCUT2D eigenvalue weighted by Gasteiger charge is -2.12. The fourth-order valence-corrected chi connectivity index (χ4v) is 2.87. The van der Waals surface area contributed by atoms with E-state index in [4.69, 9.17) is 4.74 Å². The van der Waals surface area contributed by atoms with Crippen molar-refractivity contribution in [3.63, 3.8) is 0 Å². The summed E-state index contributed by atoms with van der Waals surface area (Å²) in [6.45, 7) is 9.10. The molecule has 142 valence electrons. The highest BCUT2D eigenvalue weighted by Gasteiger charge is 2.14. The van der Waals surface area contributed by atoms with Gasteiger partial charge in [-0.2, -0.15) is 5.26 Å². The van der Waals surface area contributed by atoms with Gasteiger partial charge in [0.15, 0.2) is 11.6 Å². The molecule has 0 bridgehead atoms. The zero-order chi connectivity index (χ0) is 20.1. The number of nitriles is 1. The van der Waals surface area contributed by atoms with E-state index in [1.807, 2.05) is 26.0 Å². The van der Waals surface area contributed by atoms with Gasteiger partial charge in [-0.1, -0.05) is 13.8 Å². The highest BCUT2D eigenvalue weighted by molar-refractivity contribution is 6.09. The number of nitrogens with one attached hydrogen (secondary N) is 1. The van der Waals surface area contributed by atoms with Gasteiger partial charge in [-0.05, 0) is 49.6 Å². The van der Waals surface area contributed by atoms with Gasteiger partial charge in [0, 0.05) is 29.7 Å². The number of hydrogen-bond acceptors (Lipinski definition) is 3. The van der Waals surface area contributed by atoms with Gasteiger partial charge in [-0.25, -0.2) is 4.39 Å². The van der Waals surface area contributed by atoms with Gasteiger partial charge < -0.3 is 14.6 Å². The molecule has 0 atom stereocenters. The fourth-order valence-electron chi connectivity index (χ4n) is 2.87. The van der Waals surface area contributed by atoms with Crippen LogP contribution in [-0.4, -0.2) is 17.6 Å². The topological polar surface area (TPSA) is 67.0 Å². The molecule has 0 aliphatic rings. The summed E-state index contributed by atoms with van der Waals surface area (Å²) in [4.78, 5) is 12.4. The minimum Gasteiger partial charge on any atom is -0.494 e. The van der Waals surface area contributed by atoms with Crippen LogP contribution in [-0.2, 0) is 11.3 Å². The number of benzene rings is 1. The molecule has 0 radical (unpaired) electrons. The largest absolute Gasteiger partial charge is 0.494 e. The van der Waals surface area contributed by atoms with Gasteiger partial charge >= 0.3 is 0 Å². The molecule has 1 amide bonds. The Morgan fingerprint density at radius 2 is 2.07 bits per heavy atom. The molecule has 1 aromatic carbocycles. The number of halogens is 1. The number of rotatable bonds is 6. The van der Waals surface area contributed by atoms with E-state index in [1.165, 1.54) is 19.2 Å². The summed E-state index contributed by atoms with van der Waals surface area (Å²) in [7, 11) is 1.36. The Bertz CT molecular complexity index is 920. The first-order chi connectivity index (χ1) is 12.8. The van der Waals surface area contributed by atoms with Crippen molar-refractivity contribution in [1.82, 2.24) is 4.57 Å². The van der Waals surface area contributed by atoms with E-state index in [9.17, 15) is 14.4 Å². The van der Waals surface area contributed by atoms with Crippen LogP contribution in [0.5, 0.6) is 5.75 Å². The molecule has 6 heteroatoms. The maximum Gasteiger partial charge on any atom is 0.266 e. The lowest BCUT2D eigenvalue weighted by Crippen LogP contribution is -2.13. The Morgan fingerprint density at radius 1 is 1.37 bits per heavy atom. The minimum atomic E-state index is -0.588. The summed E-state index contributed by atoms with van der Waals surface area (Å²) >= 11 is 0. The Morgan fingerprint density at radius 3 is 2.63 bits per heavy atom. The van der Waals surface area contributed by atoms with Gasteiger partial charge in [0.1, 0.15) is 11.6 Å². The summed E-state index contributed by atoms with van der Waals surface area (Å²) in [5.74, 6) is -0.609. The molecule has 5 nitrogen and oxygen atoms in total. The van der Waals surface area contributed by atoms with Crippen molar-refractivity contribution < 1.29 is 13.9 Å². The maximum absolute atomic E-state index is 13.8. The molecule has 2 aromatic rings. The van der Waals surface area contributed by atoms with E-state index in [0.717, 1.165) is 29.6 Å². The number of carbonyl (C=O) groups excluding carboxylic acids is 1. The van der Waals surface area contributed by atoms with Crippen LogP contribution < -0.4 is 10.1 Å². The molecular formula is C21H24FN3O2. The molecular weight excluding hydrogens is 345 g/mol. The number of aromatic nitrogens is 1. The zero-order valence-electron chi connectivity index (χ0n) is 16.3. The highest BCUT2D eigenvalue weighted by Crippen LogP contribution is 2.22. The summed E-state index contributed by atoms with van der Waals surface area (Å²) in [5, 5.41) is 12.0. The Balaban J connectivity index is 2.27. The standard InChI is InChI=1S/C21H24FN3O2/c1-13(2)12-25-14(3)8-16(15(25)4)9-17(11-23)21(26)24-18-6-7-20(27-5)19(22)10-18/h6-10,13H,12H2,1-5H3,(H,24,26)/b17-9+. The number of carbonyl (C=O) groups is 1. The average molecular weight is 369 g/mol. The second-order valence-corrected chi connectivity index (χ2v) is 6.80. The van der Waals surface area contributed by atoms with Gasteiger partial charge in [0.25, 0.3) is 5.91 Å². The summed E-state index contributed by atoms with van der Waals surface area (Å²) < 4.78 is 20.8. The van der Waals surface area contributed by atoms with Crippen LogP contribution in [0.25, 0.3) is 6.08 Å². The minimum absolute atomic E-state index is 0.0453. The Labute approximate surface area is 159 Å². The summed E-state index contributed by atoms with van der Waals surface area (Å²) in [5.41, 5.74) is 3.10. The zero-order valence-corrected chi connectivity index (χ0v) is 16.3. The average Bonchev–Trinajstić information content (AvgIpc) is 2.86. The molecule has 0 aliphatic heterocycles. The third-order valence-corrected chi connectivity index (χ3v) is 4.24. The number of methoxy groups -OCH3 is 1. The fraction of sp³-hybridized carbons (Fsp3) is 0.333. The second kappa shape index (κ2) is 8.54. The van der Waals surface area contributed by atoms with Crippen molar-refractivity contribution in [1.29, 1.82) is 5.26 Å². The Hall–Kier alpha value is -3.07.